The number of para-hydroxylation sites is 1. The summed E-state index contributed by atoms with van der Waals surface area (Å²) in [5.41, 5.74) is 1.23. The molecule has 0 atom stereocenters. The molecule has 0 spiro atoms. The number of carbonyl (C=O) groups is 1. The second-order valence-corrected chi connectivity index (χ2v) is 7.03. The van der Waals surface area contributed by atoms with Gasteiger partial charge in [-0.2, -0.15) is 0 Å². The van der Waals surface area contributed by atoms with E-state index in [0.717, 1.165) is 16.1 Å². The average molecular weight is 330 g/mol. The van der Waals surface area contributed by atoms with Crippen molar-refractivity contribution < 1.29 is 9.53 Å². The molecule has 0 N–H and O–H groups in total. The largest absolute Gasteiger partial charge is 0.443 e. The number of aryl methyl sites for hydroxylation is 1. The van der Waals surface area contributed by atoms with E-state index in [-0.39, 0.29) is 0 Å². The Morgan fingerprint density at radius 1 is 1.22 bits per heavy atom. The Morgan fingerprint density at radius 2 is 1.91 bits per heavy atom. The Balaban J connectivity index is 2.53. The molecule has 1 amide bonds. The van der Waals surface area contributed by atoms with Crippen molar-refractivity contribution in [2.24, 2.45) is 0 Å². The van der Waals surface area contributed by atoms with Crippen LogP contribution < -0.4 is 4.90 Å². The number of ether oxygens (including phenoxy) is 1. The van der Waals surface area contributed by atoms with Crippen LogP contribution >= 0.6 is 11.8 Å². The molecule has 0 aliphatic heterocycles. The zero-order chi connectivity index (χ0) is 17.0. The van der Waals surface area contributed by atoms with Crippen LogP contribution in [0.5, 0.6) is 0 Å². The second-order valence-electron chi connectivity index (χ2n) is 6.18. The molecule has 4 nitrogen and oxygen atoms in total. The summed E-state index contributed by atoms with van der Waals surface area (Å²) in [4.78, 5) is 19.7. The third kappa shape index (κ3) is 4.48. The van der Waals surface area contributed by atoms with Crippen LogP contribution in [0, 0.1) is 6.92 Å². The van der Waals surface area contributed by atoms with Gasteiger partial charge in [0.15, 0.2) is 0 Å². The van der Waals surface area contributed by atoms with Crippen molar-refractivity contribution in [2.75, 3.05) is 11.2 Å². The Hall–Kier alpha value is -2.01. The van der Waals surface area contributed by atoms with Crippen LogP contribution in [0.1, 0.15) is 26.3 Å². The molecule has 2 aromatic rings. The highest BCUT2D eigenvalue weighted by molar-refractivity contribution is 7.98. The fraction of sp³-hybridized carbons (Fsp3) is 0.333. The molecule has 0 fully saturated rings. The number of rotatable bonds is 3. The fourth-order valence-electron chi connectivity index (χ4n) is 2.08. The van der Waals surface area contributed by atoms with Gasteiger partial charge < -0.3 is 4.74 Å². The summed E-state index contributed by atoms with van der Waals surface area (Å²) in [7, 11) is 0. The summed E-state index contributed by atoms with van der Waals surface area (Å²) in [6.45, 7) is 7.53. The highest BCUT2D eigenvalue weighted by atomic mass is 32.2. The van der Waals surface area contributed by atoms with Gasteiger partial charge in [-0.1, -0.05) is 12.1 Å². The van der Waals surface area contributed by atoms with Crippen molar-refractivity contribution in [1.29, 1.82) is 0 Å². The predicted octanol–water partition coefficient (Wildman–Crippen LogP) is 5.19. The summed E-state index contributed by atoms with van der Waals surface area (Å²) in [6, 6.07) is 11.5. The molecule has 0 radical (unpaired) electrons. The first-order valence-electron chi connectivity index (χ1n) is 7.40. The predicted molar refractivity (Wildman–Crippen MR) is 95.6 cm³/mol. The van der Waals surface area contributed by atoms with Gasteiger partial charge in [0.1, 0.15) is 11.4 Å². The first-order chi connectivity index (χ1) is 10.8. The Bertz CT molecular complexity index is 695. The molecule has 1 aromatic heterocycles. The van der Waals surface area contributed by atoms with Crippen LogP contribution in [0.2, 0.25) is 0 Å². The lowest BCUT2D eigenvalue weighted by molar-refractivity contribution is 0.0597. The summed E-state index contributed by atoms with van der Waals surface area (Å²) in [5, 5.41) is 0. The number of benzene rings is 1. The number of hydrogen-bond donors (Lipinski definition) is 0. The van der Waals surface area contributed by atoms with Crippen LogP contribution in [0.3, 0.4) is 0 Å². The van der Waals surface area contributed by atoms with E-state index in [1.807, 2.05) is 70.3 Å². The summed E-state index contributed by atoms with van der Waals surface area (Å²) < 4.78 is 5.59. The average Bonchev–Trinajstić information content (AvgIpc) is 2.46. The Morgan fingerprint density at radius 3 is 2.52 bits per heavy atom. The van der Waals surface area contributed by atoms with Crippen LogP contribution in [0.25, 0.3) is 0 Å². The van der Waals surface area contributed by atoms with Crippen molar-refractivity contribution in [1.82, 2.24) is 4.98 Å². The third-order valence-corrected chi connectivity index (χ3v) is 3.82. The first kappa shape index (κ1) is 17.3. The van der Waals surface area contributed by atoms with Gasteiger partial charge in [-0.15, -0.1) is 11.8 Å². The number of thioether (sulfide) groups is 1. The lowest BCUT2D eigenvalue weighted by atomic mass is 10.2. The number of nitrogens with zero attached hydrogens (tertiary/aromatic N) is 2. The minimum Gasteiger partial charge on any atom is -0.443 e. The SMILES string of the molecule is CSc1ccccc1N(C(=O)OC(C)(C)C)c1cc(C)ccn1. The molecule has 5 heteroatoms. The van der Waals surface area contributed by atoms with E-state index in [2.05, 4.69) is 4.98 Å². The van der Waals surface area contributed by atoms with Gasteiger partial charge in [-0.3, -0.25) is 0 Å². The number of aromatic nitrogens is 1. The smallest absolute Gasteiger partial charge is 0.420 e. The molecule has 122 valence electrons. The second kappa shape index (κ2) is 7.04. The highest BCUT2D eigenvalue weighted by Gasteiger charge is 2.27. The maximum Gasteiger partial charge on any atom is 0.420 e. The zero-order valence-electron chi connectivity index (χ0n) is 14.2. The van der Waals surface area contributed by atoms with E-state index in [4.69, 9.17) is 4.74 Å². The number of hydrogen-bond acceptors (Lipinski definition) is 4. The minimum atomic E-state index is -0.576. The lowest BCUT2D eigenvalue weighted by Crippen LogP contribution is -2.34. The standard InChI is InChI=1S/C18H22N2O2S/c1-13-10-11-19-16(12-13)20(17(21)22-18(2,3)4)14-8-6-7-9-15(14)23-5/h6-12H,1-5H3. The van der Waals surface area contributed by atoms with Crippen LogP contribution in [0.4, 0.5) is 16.3 Å². The number of pyridine rings is 1. The summed E-state index contributed by atoms with van der Waals surface area (Å²) in [5.74, 6) is 0.556. The van der Waals surface area contributed by atoms with Crippen LogP contribution in [-0.2, 0) is 4.74 Å². The van der Waals surface area contributed by atoms with Gasteiger partial charge in [0.25, 0.3) is 0 Å². The van der Waals surface area contributed by atoms with E-state index in [0.29, 0.717) is 5.82 Å². The van der Waals surface area contributed by atoms with E-state index < -0.39 is 11.7 Å². The van der Waals surface area contributed by atoms with E-state index in [9.17, 15) is 4.79 Å². The van der Waals surface area contributed by atoms with Gasteiger partial charge >= 0.3 is 6.09 Å². The van der Waals surface area contributed by atoms with Crippen molar-refractivity contribution in [3.63, 3.8) is 0 Å². The topological polar surface area (TPSA) is 42.4 Å². The summed E-state index contributed by atoms with van der Waals surface area (Å²) in [6.07, 6.45) is 3.25. The number of amides is 1. The Labute approximate surface area is 141 Å². The maximum absolute atomic E-state index is 12.8. The zero-order valence-corrected chi connectivity index (χ0v) is 15.0. The van der Waals surface area contributed by atoms with Crippen LogP contribution in [0.15, 0.2) is 47.5 Å². The van der Waals surface area contributed by atoms with Gasteiger partial charge in [0.2, 0.25) is 0 Å². The molecule has 0 aliphatic rings. The van der Waals surface area contributed by atoms with Gasteiger partial charge in [0.05, 0.1) is 5.69 Å². The quantitative estimate of drug-likeness (QED) is 0.727. The molecule has 23 heavy (non-hydrogen) atoms. The minimum absolute atomic E-state index is 0.433. The van der Waals surface area contributed by atoms with E-state index in [1.54, 1.807) is 18.0 Å². The van der Waals surface area contributed by atoms with Crippen molar-refractivity contribution in [2.45, 2.75) is 38.2 Å². The van der Waals surface area contributed by atoms with E-state index in [1.165, 1.54) is 4.90 Å². The van der Waals surface area contributed by atoms with Gasteiger partial charge in [-0.25, -0.2) is 14.7 Å². The molecule has 0 unspecified atom stereocenters. The van der Waals surface area contributed by atoms with Crippen molar-refractivity contribution in [3.05, 3.63) is 48.2 Å². The van der Waals surface area contributed by atoms with Crippen LogP contribution in [-0.4, -0.2) is 22.9 Å². The molecule has 0 saturated carbocycles. The third-order valence-electron chi connectivity index (χ3n) is 3.03. The lowest BCUT2D eigenvalue weighted by Gasteiger charge is -2.28. The molecule has 1 heterocycles. The number of carbonyl (C=O) groups excluding carboxylic acids is 1. The van der Waals surface area contributed by atoms with Crippen molar-refractivity contribution in [3.8, 4) is 0 Å². The highest BCUT2D eigenvalue weighted by Crippen LogP contribution is 2.34. The molecule has 1 aromatic carbocycles. The normalized spacial score (nSPS) is 11.2. The molecule has 0 aliphatic carbocycles. The van der Waals surface area contributed by atoms with E-state index >= 15 is 0 Å². The van der Waals surface area contributed by atoms with Gasteiger partial charge in [-0.05, 0) is 63.8 Å². The summed E-state index contributed by atoms with van der Waals surface area (Å²) >= 11 is 1.58. The fourth-order valence-corrected chi connectivity index (χ4v) is 2.66. The number of anilines is 2. The first-order valence-corrected chi connectivity index (χ1v) is 8.63. The molecule has 2 rings (SSSR count). The Kier molecular flexibility index (Phi) is 5.31. The molecule has 0 bridgehead atoms. The molecular weight excluding hydrogens is 308 g/mol. The molecular formula is C18H22N2O2S. The molecule has 0 saturated heterocycles. The van der Waals surface area contributed by atoms with Gasteiger partial charge in [0, 0.05) is 11.1 Å². The van der Waals surface area contributed by atoms with Crippen molar-refractivity contribution >= 4 is 29.4 Å². The monoisotopic (exact) mass is 330 g/mol. The maximum atomic E-state index is 12.8.